The number of rotatable bonds is 18. The maximum atomic E-state index is 5.75. The largest absolute Gasteiger partial charge is 0.206 e. The molecule has 0 aromatic carbocycles. The summed E-state index contributed by atoms with van der Waals surface area (Å²) in [4.78, 5) is 10.8. The van der Waals surface area contributed by atoms with Gasteiger partial charge in [-0.1, -0.05) is 96.9 Å². The Morgan fingerprint density at radius 3 is 1.65 bits per heavy atom. The SMILES string of the molecule is CCCCCCCCCCC(CCC)(CCC)OOOCCC. The Labute approximate surface area is 145 Å². The lowest BCUT2D eigenvalue weighted by molar-refractivity contribution is -0.545. The highest BCUT2D eigenvalue weighted by atomic mass is 17.5. The molecule has 140 valence electrons. The van der Waals surface area contributed by atoms with Crippen LogP contribution in [0.4, 0.5) is 0 Å². The lowest BCUT2D eigenvalue weighted by Gasteiger charge is -2.31. The van der Waals surface area contributed by atoms with Crippen molar-refractivity contribution in [3.05, 3.63) is 0 Å². The van der Waals surface area contributed by atoms with Gasteiger partial charge in [-0.3, -0.25) is 0 Å². The van der Waals surface area contributed by atoms with Crippen LogP contribution < -0.4 is 0 Å². The zero-order valence-corrected chi connectivity index (χ0v) is 16.3. The van der Waals surface area contributed by atoms with E-state index in [9.17, 15) is 0 Å². The van der Waals surface area contributed by atoms with Gasteiger partial charge in [0.25, 0.3) is 0 Å². The predicted molar refractivity (Wildman–Crippen MR) is 98.2 cm³/mol. The van der Waals surface area contributed by atoms with Gasteiger partial charge in [-0.05, 0) is 25.7 Å². The van der Waals surface area contributed by atoms with Crippen LogP contribution in [-0.2, 0) is 14.8 Å². The van der Waals surface area contributed by atoms with E-state index in [0.29, 0.717) is 6.61 Å². The van der Waals surface area contributed by atoms with E-state index in [1.807, 2.05) is 0 Å². The minimum Gasteiger partial charge on any atom is -0.206 e. The maximum absolute atomic E-state index is 5.75. The molecule has 0 aromatic heterocycles. The molecule has 0 amide bonds. The van der Waals surface area contributed by atoms with Crippen molar-refractivity contribution in [3.8, 4) is 0 Å². The van der Waals surface area contributed by atoms with Crippen LogP contribution in [0.25, 0.3) is 0 Å². The molecule has 0 N–H and O–H groups in total. The van der Waals surface area contributed by atoms with Gasteiger partial charge in [0.15, 0.2) is 0 Å². The van der Waals surface area contributed by atoms with E-state index in [0.717, 1.165) is 38.5 Å². The van der Waals surface area contributed by atoms with Crippen molar-refractivity contribution in [3.63, 3.8) is 0 Å². The lowest BCUT2D eigenvalue weighted by Crippen LogP contribution is -2.33. The van der Waals surface area contributed by atoms with Crippen molar-refractivity contribution in [1.82, 2.24) is 0 Å². The van der Waals surface area contributed by atoms with Crippen LogP contribution in [0.5, 0.6) is 0 Å². The fraction of sp³-hybridized carbons (Fsp3) is 1.00. The van der Waals surface area contributed by atoms with E-state index in [4.69, 9.17) is 14.8 Å². The Balaban J connectivity index is 4.03. The van der Waals surface area contributed by atoms with Crippen molar-refractivity contribution in [1.29, 1.82) is 0 Å². The third-order valence-corrected chi connectivity index (χ3v) is 4.44. The minimum atomic E-state index is -0.153. The molecular weight excluding hydrogens is 288 g/mol. The molecule has 0 aliphatic rings. The quantitative estimate of drug-likeness (QED) is 0.152. The first kappa shape index (κ1) is 22.9. The summed E-state index contributed by atoms with van der Waals surface area (Å²) in [5, 5.41) is 5.07. The molecule has 0 aromatic rings. The molecule has 0 spiro atoms. The molecule has 3 nitrogen and oxygen atoms in total. The van der Waals surface area contributed by atoms with E-state index in [-0.39, 0.29) is 5.60 Å². The van der Waals surface area contributed by atoms with Crippen molar-refractivity contribution in [2.45, 2.75) is 123 Å². The molecule has 23 heavy (non-hydrogen) atoms. The topological polar surface area (TPSA) is 27.7 Å². The van der Waals surface area contributed by atoms with Crippen LogP contribution in [0, 0.1) is 0 Å². The first-order valence-electron chi connectivity index (χ1n) is 10.2. The lowest BCUT2D eigenvalue weighted by atomic mass is 9.87. The Kier molecular flexibility index (Phi) is 16.6. The van der Waals surface area contributed by atoms with Gasteiger partial charge in [0.05, 0.1) is 6.61 Å². The Hall–Kier alpha value is -0.120. The summed E-state index contributed by atoms with van der Waals surface area (Å²) in [6.45, 7) is 9.36. The van der Waals surface area contributed by atoms with Gasteiger partial charge in [-0.2, -0.15) is 4.89 Å². The molecule has 0 fully saturated rings. The monoisotopic (exact) mass is 330 g/mol. The fourth-order valence-corrected chi connectivity index (χ4v) is 3.21. The fourth-order valence-electron chi connectivity index (χ4n) is 3.21. The van der Waals surface area contributed by atoms with E-state index in [2.05, 4.69) is 27.7 Å². The van der Waals surface area contributed by atoms with Crippen molar-refractivity contribution >= 4 is 0 Å². The second kappa shape index (κ2) is 16.7. The summed E-state index contributed by atoms with van der Waals surface area (Å²) >= 11 is 0. The summed E-state index contributed by atoms with van der Waals surface area (Å²) in [6, 6.07) is 0. The minimum absolute atomic E-state index is 0.153. The van der Waals surface area contributed by atoms with Crippen LogP contribution in [-0.4, -0.2) is 12.2 Å². The van der Waals surface area contributed by atoms with Gasteiger partial charge >= 0.3 is 0 Å². The smallest absolute Gasteiger partial charge is 0.107 e. The van der Waals surface area contributed by atoms with E-state index < -0.39 is 0 Å². The van der Waals surface area contributed by atoms with Crippen LogP contribution >= 0.6 is 0 Å². The highest BCUT2D eigenvalue weighted by Crippen LogP contribution is 2.31. The van der Waals surface area contributed by atoms with Gasteiger partial charge in [-0.25, -0.2) is 4.89 Å². The molecule has 0 unspecified atom stereocenters. The third kappa shape index (κ3) is 12.9. The molecule has 0 rings (SSSR count). The number of hydrogen-bond acceptors (Lipinski definition) is 3. The van der Waals surface area contributed by atoms with E-state index in [1.165, 1.54) is 51.4 Å². The van der Waals surface area contributed by atoms with Crippen LogP contribution in [0.15, 0.2) is 0 Å². The number of hydrogen-bond donors (Lipinski definition) is 0. The van der Waals surface area contributed by atoms with Gasteiger partial charge in [0, 0.05) is 0 Å². The normalized spacial score (nSPS) is 12.0. The second-order valence-corrected chi connectivity index (χ2v) is 6.88. The van der Waals surface area contributed by atoms with Gasteiger partial charge < -0.3 is 0 Å². The van der Waals surface area contributed by atoms with Crippen molar-refractivity contribution < 1.29 is 14.8 Å². The standard InChI is InChI=1S/C20H42O3/c1-5-9-10-11-12-13-14-15-18-20(16-6-2,17-7-3)22-23-21-19-8-4/h5-19H2,1-4H3. The van der Waals surface area contributed by atoms with Crippen molar-refractivity contribution in [2.24, 2.45) is 0 Å². The summed E-state index contributed by atoms with van der Waals surface area (Å²) in [5.74, 6) is 0. The zero-order chi connectivity index (χ0) is 17.2. The summed E-state index contributed by atoms with van der Waals surface area (Å²) < 4.78 is 0. The summed E-state index contributed by atoms with van der Waals surface area (Å²) in [5.41, 5.74) is -0.153. The molecule has 3 heteroatoms. The zero-order valence-electron chi connectivity index (χ0n) is 16.3. The average molecular weight is 331 g/mol. The van der Waals surface area contributed by atoms with Gasteiger partial charge in [-0.15, -0.1) is 0 Å². The molecule has 0 heterocycles. The van der Waals surface area contributed by atoms with Crippen molar-refractivity contribution in [2.75, 3.05) is 6.61 Å². The Bertz CT molecular complexity index is 225. The Morgan fingerprint density at radius 2 is 1.13 bits per heavy atom. The summed E-state index contributed by atoms with van der Waals surface area (Å²) in [7, 11) is 0. The second-order valence-electron chi connectivity index (χ2n) is 6.88. The first-order valence-corrected chi connectivity index (χ1v) is 10.2. The Morgan fingerprint density at radius 1 is 0.565 bits per heavy atom. The molecule has 0 saturated carbocycles. The third-order valence-electron chi connectivity index (χ3n) is 4.44. The highest BCUT2D eigenvalue weighted by Gasteiger charge is 2.31. The molecule has 0 aliphatic heterocycles. The highest BCUT2D eigenvalue weighted by molar-refractivity contribution is 4.78. The maximum Gasteiger partial charge on any atom is 0.107 e. The molecule has 0 atom stereocenters. The molecule has 0 radical (unpaired) electrons. The first-order chi connectivity index (χ1) is 11.2. The van der Waals surface area contributed by atoms with Crippen LogP contribution in [0.1, 0.15) is 118 Å². The number of unbranched alkanes of at least 4 members (excludes halogenated alkanes) is 7. The van der Waals surface area contributed by atoms with Crippen LogP contribution in [0.2, 0.25) is 0 Å². The molecular formula is C20H42O3. The predicted octanol–water partition coefficient (Wildman–Crippen LogP) is 7.15. The van der Waals surface area contributed by atoms with Gasteiger partial charge in [0.1, 0.15) is 5.60 Å². The molecule has 0 aliphatic carbocycles. The summed E-state index contributed by atoms with van der Waals surface area (Å²) in [6.07, 6.45) is 17.1. The van der Waals surface area contributed by atoms with Gasteiger partial charge in [0.2, 0.25) is 0 Å². The van der Waals surface area contributed by atoms with E-state index >= 15 is 0 Å². The average Bonchev–Trinajstić information content (AvgIpc) is 2.55. The van der Waals surface area contributed by atoms with Crippen LogP contribution in [0.3, 0.4) is 0 Å². The molecule has 0 bridgehead atoms. The van der Waals surface area contributed by atoms with E-state index in [1.54, 1.807) is 0 Å². The molecule has 0 saturated heterocycles.